The zero-order valence-electron chi connectivity index (χ0n) is 10.8. The maximum absolute atomic E-state index is 12.2. The predicted octanol–water partition coefficient (Wildman–Crippen LogP) is 3.89. The van der Waals surface area contributed by atoms with Gasteiger partial charge in [-0.15, -0.1) is 0 Å². The van der Waals surface area contributed by atoms with Crippen LogP contribution in [-0.2, 0) is 0 Å². The van der Waals surface area contributed by atoms with Crippen molar-refractivity contribution in [1.29, 1.82) is 0 Å². The second-order valence-corrected chi connectivity index (χ2v) is 5.50. The van der Waals surface area contributed by atoms with Gasteiger partial charge in [0.25, 0.3) is 5.91 Å². The van der Waals surface area contributed by atoms with Crippen molar-refractivity contribution in [3.8, 4) is 0 Å². The van der Waals surface area contributed by atoms with Crippen LogP contribution in [-0.4, -0.2) is 16.1 Å². The standard InChI is InChI=1S/C15H12BrN3O/c1-9-8-17-19-14(9)18-15(20)12-3-2-11-7-13(16)5-4-10(11)6-12/h2-8H,1H3,(H2,17,18,19,20). The van der Waals surface area contributed by atoms with Gasteiger partial charge in [-0.2, -0.15) is 5.10 Å². The Kier molecular flexibility index (Phi) is 3.28. The van der Waals surface area contributed by atoms with Crippen molar-refractivity contribution in [2.45, 2.75) is 6.92 Å². The highest BCUT2D eigenvalue weighted by Gasteiger charge is 2.09. The highest BCUT2D eigenvalue weighted by atomic mass is 79.9. The third kappa shape index (κ3) is 2.44. The Labute approximate surface area is 124 Å². The van der Waals surface area contributed by atoms with E-state index in [9.17, 15) is 4.79 Å². The minimum atomic E-state index is -0.151. The van der Waals surface area contributed by atoms with Crippen molar-refractivity contribution >= 4 is 38.4 Å². The van der Waals surface area contributed by atoms with Crippen LogP contribution >= 0.6 is 15.9 Å². The van der Waals surface area contributed by atoms with Crippen LogP contribution in [0.5, 0.6) is 0 Å². The van der Waals surface area contributed by atoms with Crippen molar-refractivity contribution in [3.05, 3.63) is 58.2 Å². The normalized spacial score (nSPS) is 10.7. The molecule has 0 unspecified atom stereocenters. The molecule has 3 rings (SSSR count). The lowest BCUT2D eigenvalue weighted by molar-refractivity contribution is 0.102. The molecular weight excluding hydrogens is 318 g/mol. The van der Waals surface area contributed by atoms with E-state index in [1.807, 2.05) is 43.3 Å². The van der Waals surface area contributed by atoms with E-state index in [1.165, 1.54) is 0 Å². The first-order valence-corrected chi connectivity index (χ1v) is 6.93. The fourth-order valence-electron chi connectivity index (χ4n) is 2.02. The number of carbonyl (C=O) groups excluding carboxylic acids is 1. The van der Waals surface area contributed by atoms with E-state index in [-0.39, 0.29) is 5.91 Å². The van der Waals surface area contributed by atoms with Crippen LogP contribution in [0.2, 0.25) is 0 Å². The number of amides is 1. The van der Waals surface area contributed by atoms with E-state index in [0.29, 0.717) is 11.4 Å². The monoisotopic (exact) mass is 329 g/mol. The number of aryl methyl sites for hydroxylation is 1. The molecule has 1 amide bonds. The fraction of sp³-hybridized carbons (Fsp3) is 0.0667. The third-order valence-corrected chi connectivity index (χ3v) is 3.63. The number of aromatic nitrogens is 2. The molecule has 1 heterocycles. The van der Waals surface area contributed by atoms with E-state index in [2.05, 4.69) is 31.4 Å². The molecule has 20 heavy (non-hydrogen) atoms. The van der Waals surface area contributed by atoms with Crippen molar-refractivity contribution in [1.82, 2.24) is 10.2 Å². The summed E-state index contributed by atoms with van der Waals surface area (Å²) < 4.78 is 1.02. The minimum Gasteiger partial charge on any atom is -0.307 e. The van der Waals surface area contributed by atoms with Gasteiger partial charge in [0, 0.05) is 15.6 Å². The molecular formula is C15H12BrN3O. The summed E-state index contributed by atoms with van der Waals surface area (Å²) in [5.74, 6) is 0.480. The summed E-state index contributed by atoms with van der Waals surface area (Å²) in [6.07, 6.45) is 1.67. The topological polar surface area (TPSA) is 57.8 Å². The number of rotatable bonds is 2. The van der Waals surface area contributed by atoms with Gasteiger partial charge >= 0.3 is 0 Å². The second-order valence-electron chi connectivity index (χ2n) is 4.59. The van der Waals surface area contributed by atoms with Gasteiger partial charge in [-0.3, -0.25) is 9.89 Å². The van der Waals surface area contributed by atoms with Crippen LogP contribution in [0.15, 0.2) is 47.1 Å². The Bertz CT molecular complexity index is 795. The number of anilines is 1. The Morgan fingerprint density at radius 1 is 1.20 bits per heavy atom. The SMILES string of the molecule is Cc1cn[nH]c1NC(=O)c1ccc2cc(Br)ccc2c1. The lowest BCUT2D eigenvalue weighted by Gasteiger charge is -2.05. The highest BCUT2D eigenvalue weighted by Crippen LogP contribution is 2.21. The smallest absolute Gasteiger partial charge is 0.256 e. The van der Waals surface area contributed by atoms with E-state index < -0.39 is 0 Å². The summed E-state index contributed by atoms with van der Waals surface area (Å²) in [7, 11) is 0. The average Bonchev–Trinajstić information content (AvgIpc) is 2.83. The Hall–Kier alpha value is -2.14. The van der Waals surface area contributed by atoms with E-state index in [1.54, 1.807) is 6.20 Å². The number of halogens is 1. The van der Waals surface area contributed by atoms with Crippen LogP contribution in [0.25, 0.3) is 10.8 Å². The maximum Gasteiger partial charge on any atom is 0.256 e. The molecule has 0 bridgehead atoms. The first-order chi connectivity index (χ1) is 9.63. The number of nitrogens with zero attached hydrogens (tertiary/aromatic N) is 1. The van der Waals surface area contributed by atoms with Crippen molar-refractivity contribution in [2.24, 2.45) is 0 Å². The molecule has 0 saturated carbocycles. The summed E-state index contributed by atoms with van der Waals surface area (Å²) in [5, 5.41) is 11.6. The van der Waals surface area contributed by atoms with Crippen molar-refractivity contribution in [3.63, 3.8) is 0 Å². The van der Waals surface area contributed by atoms with Gasteiger partial charge in [0.15, 0.2) is 0 Å². The molecule has 100 valence electrons. The van der Waals surface area contributed by atoms with Crippen LogP contribution in [0.3, 0.4) is 0 Å². The number of hydrogen-bond donors (Lipinski definition) is 2. The molecule has 3 aromatic rings. The Morgan fingerprint density at radius 2 is 1.95 bits per heavy atom. The first-order valence-electron chi connectivity index (χ1n) is 6.14. The van der Waals surface area contributed by atoms with Gasteiger partial charge in [0.2, 0.25) is 0 Å². The van der Waals surface area contributed by atoms with Crippen LogP contribution in [0, 0.1) is 6.92 Å². The van der Waals surface area contributed by atoms with Gasteiger partial charge < -0.3 is 5.32 Å². The summed E-state index contributed by atoms with van der Waals surface area (Å²) in [4.78, 5) is 12.2. The number of hydrogen-bond acceptors (Lipinski definition) is 2. The van der Waals surface area contributed by atoms with Crippen molar-refractivity contribution in [2.75, 3.05) is 5.32 Å². The summed E-state index contributed by atoms with van der Waals surface area (Å²) in [6, 6.07) is 11.6. The molecule has 0 saturated heterocycles. The Morgan fingerprint density at radius 3 is 2.70 bits per heavy atom. The van der Waals surface area contributed by atoms with Gasteiger partial charge in [-0.05, 0) is 42.0 Å². The molecule has 0 aliphatic heterocycles. The average molecular weight is 330 g/mol. The van der Waals surface area contributed by atoms with Gasteiger partial charge in [0.1, 0.15) is 5.82 Å². The number of carbonyl (C=O) groups is 1. The molecule has 0 fully saturated rings. The van der Waals surface area contributed by atoms with Crippen molar-refractivity contribution < 1.29 is 4.79 Å². The van der Waals surface area contributed by atoms with Gasteiger partial charge in [-0.1, -0.05) is 28.1 Å². The van der Waals surface area contributed by atoms with E-state index in [0.717, 1.165) is 20.8 Å². The molecule has 0 atom stereocenters. The third-order valence-electron chi connectivity index (χ3n) is 3.13. The summed E-state index contributed by atoms with van der Waals surface area (Å²) in [5.41, 5.74) is 1.52. The summed E-state index contributed by atoms with van der Waals surface area (Å²) in [6.45, 7) is 1.89. The predicted molar refractivity (Wildman–Crippen MR) is 82.9 cm³/mol. The van der Waals surface area contributed by atoms with Gasteiger partial charge in [-0.25, -0.2) is 0 Å². The highest BCUT2D eigenvalue weighted by molar-refractivity contribution is 9.10. The molecule has 2 aromatic carbocycles. The molecule has 2 N–H and O–H groups in total. The molecule has 1 aromatic heterocycles. The molecule has 5 heteroatoms. The van der Waals surface area contributed by atoms with Crippen LogP contribution in [0.4, 0.5) is 5.82 Å². The molecule has 4 nitrogen and oxygen atoms in total. The fourth-order valence-corrected chi connectivity index (χ4v) is 2.40. The second kappa shape index (κ2) is 5.09. The molecule has 0 aliphatic rings. The number of fused-ring (bicyclic) bond motifs is 1. The molecule has 0 aliphatic carbocycles. The number of H-pyrrole nitrogens is 1. The quantitative estimate of drug-likeness (QED) is 0.749. The zero-order valence-corrected chi connectivity index (χ0v) is 12.4. The number of benzene rings is 2. The maximum atomic E-state index is 12.2. The van der Waals surface area contributed by atoms with Crippen LogP contribution < -0.4 is 5.32 Å². The molecule has 0 radical (unpaired) electrons. The van der Waals surface area contributed by atoms with Gasteiger partial charge in [0.05, 0.1) is 6.20 Å². The number of aromatic amines is 1. The number of nitrogens with one attached hydrogen (secondary N) is 2. The lowest BCUT2D eigenvalue weighted by Crippen LogP contribution is -2.12. The van der Waals surface area contributed by atoms with E-state index >= 15 is 0 Å². The lowest BCUT2D eigenvalue weighted by atomic mass is 10.1. The first kappa shape index (κ1) is 12.9. The Balaban J connectivity index is 1.92. The largest absolute Gasteiger partial charge is 0.307 e. The zero-order chi connectivity index (χ0) is 14.1. The minimum absolute atomic E-state index is 0.151. The van der Waals surface area contributed by atoms with Crippen LogP contribution in [0.1, 0.15) is 15.9 Å². The molecule has 0 spiro atoms. The van der Waals surface area contributed by atoms with E-state index in [4.69, 9.17) is 0 Å². The summed E-state index contributed by atoms with van der Waals surface area (Å²) >= 11 is 3.44.